The van der Waals surface area contributed by atoms with Crippen molar-refractivity contribution in [2.75, 3.05) is 21.3 Å². The van der Waals surface area contributed by atoms with Crippen LogP contribution < -0.4 is 30.8 Å². The van der Waals surface area contributed by atoms with Gasteiger partial charge in [-0.15, -0.1) is 0 Å². The van der Waals surface area contributed by atoms with Crippen LogP contribution in [0.3, 0.4) is 0 Å². The second kappa shape index (κ2) is 9.59. The molecule has 0 unspecified atom stereocenters. The number of methoxy groups -OCH3 is 3. The van der Waals surface area contributed by atoms with E-state index in [1.165, 1.54) is 38.0 Å². The zero-order chi connectivity index (χ0) is 23.4. The summed E-state index contributed by atoms with van der Waals surface area (Å²) in [5.41, 5.74) is -0.553. The number of ether oxygens (including phenoxy) is 3. The number of amides is 1. The Kier molecular flexibility index (Phi) is 6.87. The molecule has 0 aliphatic heterocycles. The molecule has 1 amide bonds. The van der Waals surface area contributed by atoms with Gasteiger partial charge >= 0.3 is 5.69 Å². The summed E-state index contributed by atoms with van der Waals surface area (Å²) < 4.78 is 18.4. The van der Waals surface area contributed by atoms with Gasteiger partial charge in [-0.1, -0.05) is 19.1 Å². The average Bonchev–Trinajstić information content (AvgIpc) is 2.80. The quantitative estimate of drug-likeness (QED) is 0.575. The molecule has 0 aliphatic rings. The van der Waals surface area contributed by atoms with Crippen LogP contribution in [0, 0.1) is 0 Å². The van der Waals surface area contributed by atoms with Gasteiger partial charge in [0, 0.05) is 18.2 Å². The molecule has 1 N–H and O–H groups in total. The summed E-state index contributed by atoms with van der Waals surface area (Å²) in [6.45, 7) is 3.61. The first-order chi connectivity index (χ1) is 15.4. The minimum absolute atomic E-state index is 0.0366. The molecule has 1 heterocycles. The van der Waals surface area contributed by atoms with E-state index in [9.17, 15) is 14.4 Å². The lowest BCUT2D eigenvalue weighted by Crippen LogP contribution is -2.43. The summed E-state index contributed by atoms with van der Waals surface area (Å²) in [6, 6.07) is 9.68. The van der Waals surface area contributed by atoms with Gasteiger partial charge in [0.05, 0.1) is 37.9 Å². The number of fused-ring (bicyclic) bond motifs is 1. The lowest BCUT2D eigenvalue weighted by Gasteiger charge is -2.18. The van der Waals surface area contributed by atoms with Crippen LogP contribution in [0.15, 0.2) is 46.0 Å². The van der Waals surface area contributed by atoms with Gasteiger partial charge in [-0.2, -0.15) is 0 Å². The summed E-state index contributed by atoms with van der Waals surface area (Å²) in [5.74, 6) is 0.604. The lowest BCUT2D eigenvalue weighted by molar-refractivity contribution is -0.122. The third-order valence-electron chi connectivity index (χ3n) is 5.28. The van der Waals surface area contributed by atoms with E-state index in [-0.39, 0.29) is 24.2 Å². The van der Waals surface area contributed by atoms with Gasteiger partial charge in [0.25, 0.3) is 5.56 Å². The van der Waals surface area contributed by atoms with Crippen LogP contribution >= 0.6 is 0 Å². The number of hydrogen-bond donors (Lipinski definition) is 1. The third kappa shape index (κ3) is 4.18. The van der Waals surface area contributed by atoms with Crippen molar-refractivity contribution in [3.8, 4) is 22.9 Å². The number of para-hydroxylation sites is 1. The molecule has 3 aromatic rings. The van der Waals surface area contributed by atoms with E-state index >= 15 is 0 Å². The fraction of sp³-hybridized carbons (Fsp3) is 0.348. The topological polar surface area (TPSA) is 101 Å². The molecule has 32 heavy (non-hydrogen) atoms. The minimum Gasteiger partial charge on any atom is -0.493 e. The van der Waals surface area contributed by atoms with Crippen molar-refractivity contribution in [2.24, 2.45) is 0 Å². The van der Waals surface area contributed by atoms with Crippen LogP contribution in [-0.4, -0.2) is 42.4 Å². The minimum atomic E-state index is -0.651. The van der Waals surface area contributed by atoms with Crippen molar-refractivity contribution in [1.29, 1.82) is 0 Å². The number of hydrogen-bond acceptors (Lipinski definition) is 6. The summed E-state index contributed by atoms with van der Waals surface area (Å²) in [4.78, 5) is 39.4. The summed E-state index contributed by atoms with van der Waals surface area (Å²) in [5, 5.41) is 3.16. The Labute approximate surface area is 185 Å². The SMILES string of the molecule is CC[C@@H](C)NC(=O)Cn1c(=O)n(-c2cc(OC)c(OC)c(OC)c2)c(=O)c2ccccc21. The van der Waals surface area contributed by atoms with Crippen molar-refractivity contribution in [3.63, 3.8) is 0 Å². The van der Waals surface area contributed by atoms with Crippen molar-refractivity contribution in [1.82, 2.24) is 14.5 Å². The maximum absolute atomic E-state index is 13.5. The molecule has 0 fully saturated rings. The Morgan fingerprint density at radius 1 is 1.03 bits per heavy atom. The van der Waals surface area contributed by atoms with Crippen molar-refractivity contribution < 1.29 is 19.0 Å². The van der Waals surface area contributed by atoms with E-state index in [1.807, 2.05) is 13.8 Å². The standard InChI is InChI=1S/C23H27N3O6/c1-6-14(2)24-20(27)13-25-17-10-8-7-9-16(17)22(28)26(23(25)29)15-11-18(30-3)21(32-5)19(12-15)31-4/h7-12,14H,6,13H2,1-5H3,(H,24,27)/t14-/m1/s1. The Balaban J connectivity index is 2.29. The van der Waals surface area contributed by atoms with Gasteiger partial charge < -0.3 is 19.5 Å². The molecule has 0 radical (unpaired) electrons. The van der Waals surface area contributed by atoms with E-state index in [1.54, 1.807) is 24.3 Å². The Morgan fingerprint density at radius 2 is 1.66 bits per heavy atom. The first kappa shape index (κ1) is 22.9. The summed E-state index contributed by atoms with van der Waals surface area (Å²) >= 11 is 0. The van der Waals surface area contributed by atoms with Crippen LogP contribution in [0.5, 0.6) is 17.2 Å². The van der Waals surface area contributed by atoms with Gasteiger partial charge in [0.1, 0.15) is 6.54 Å². The van der Waals surface area contributed by atoms with Crippen LogP contribution in [0.2, 0.25) is 0 Å². The fourth-order valence-corrected chi connectivity index (χ4v) is 3.46. The van der Waals surface area contributed by atoms with E-state index < -0.39 is 11.2 Å². The number of benzene rings is 2. The molecule has 0 saturated heterocycles. The van der Waals surface area contributed by atoms with E-state index in [2.05, 4.69) is 5.32 Å². The van der Waals surface area contributed by atoms with Crippen LogP contribution in [0.25, 0.3) is 16.6 Å². The highest BCUT2D eigenvalue weighted by molar-refractivity contribution is 5.82. The molecule has 9 nitrogen and oxygen atoms in total. The molecule has 3 rings (SSSR count). The van der Waals surface area contributed by atoms with Crippen LogP contribution in [0.1, 0.15) is 20.3 Å². The van der Waals surface area contributed by atoms with Gasteiger partial charge in [0.2, 0.25) is 11.7 Å². The number of nitrogens with zero attached hydrogens (tertiary/aromatic N) is 2. The highest BCUT2D eigenvalue weighted by Crippen LogP contribution is 2.38. The zero-order valence-corrected chi connectivity index (χ0v) is 18.8. The molecule has 0 spiro atoms. The van der Waals surface area contributed by atoms with Crippen molar-refractivity contribution in [2.45, 2.75) is 32.9 Å². The smallest absolute Gasteiger partial charge is 0.336 e. The molecule has 9 heteroatoms. The maximum Gasteiger partial charge on any atom is 0.336 e. The predicted octanol–water partition coefficient (Wildman–Crippen LogP) is 2.09. The molecular weight excluding hydrogens is 414 g/mol. The monoisotopic (exact) mass is 441 g/mol. The van der Waals surface area contributed by atoms with E-state index in [4.69, 9.17) is 14.2 Å². The molecule has 0 aliphatic carbocycles. The van der Waals surface area contributed by atoms with Crippen LogP contribution in [-0.2, 0) is 11.3 Å². The zero-order valence-electron chi connectivity index (χ0n) is 18.8. The highest BCUT2D eigenvalue weighted by atomic mass is 16.5. The van der Waals surface area contributed by atoms with E-state index in [0.717, 1.165) is 11.0 Å². The molecule has 0 bridgehead atoms. The number of rotatable bonds is 8. The number of carbonyl (C=O) groups is 1. The Bertz CT molecular complexity index is 1240. The van der Waals surface area contributed by atoms with Crippen molar-refractivity contribution in [3.05, 3.63) is 57.2 Å². The van der Waals surface area contributed by atoms with Gasteiger partial charge in [-0.3, -0.25) is 14.2 Å². The molecule has 1 aromatic heterocycles. The normalized spacial score (nSPS) is 11.8. The van der Waals surface area contributed by atoms with Gasteiger partial charge in [-0.05, 0) is 25.5 Å². The first-order valence-corrected chi connectivity index (χ1v) is 10.2. The molecule has 1 atom stereocenters. The average molecular weight is 441 g/mol. The summed E-state index contributed by atoms with van der Waals surface area (Å²) in [6.07, 6.45) is 0.756. The number of carbonyl (C=O) groups excluding carboxylic acids is 1. The third-order valence-corrected chi connectivity index (χ3v) is 5.28. The predicted molar refractivity (Wildman–Crippen MR) is 121 cm³/mol. The number of nitrogens with one attached hydrogen (secondary N) is 1. The van der Waals surface area contributed by atoms with Crippen LogP contribution in [0.4, 0.5) is 0 Å². The van der Waals surface area contributed by atoms with Crippen molar-refractivity contribution >= 4 is 16.8 Å². The number of aromatic nitrogens is 2. The Hall–Kier alpha value is -3.75. The fourth-order valence-electron chi connectivity index (χ4n) is 3.46. The second-order valence-corrected chi connectivity index (χ2v) is 7.29. The largest absolute Gasteiger partial charge is 0.493 e. The molecule has 170 valence electrons. The Morgan fingerprint density at radius 3 is 2.22 bits per heavy atom. The van der Waals surface area contributed by atoms with Gasteiger partial charge in [-0.25, -0.2) is 9.36 Å². The molecular formula is C23H27N3O6. The van der Waals surface area contributed by atoms with Gasteiger partial charge in [0.15, 0.2) is 11.5 Å². The molecule has 0 saturated carbocycles. The maximum atomic E-state index is 13.5. The first-order valence-electron chi connectivity index (χ1n) is 10.2. The summed E-state index contributed by atoms with van der Waals surface area (Å²) in [7, 11) is 4.36. The highest BCUT2D eigenvalue weighted by Gasteiger charge is 2.20. The molecule has 2 aromatic carbocycles. The second-order valence-electron chi connectivity index (χ2n) is 7.29. The lowest BCUT2D eigenvalue weighted by atomic mass is 10.2. The van der Waals surface area contributed by atoms with E-state index in [0.29, 0.717) is 28.2 Å².